The molecule has 1 rings (SSSR count). The molecule has 0 saturated heterocycles. The van der Waals surface area contributed by atoms with Crippen LogP contribution in [0.3, 0.4) is 0 Å². The summed E-state index contributed by atoms with van der Waals surface area (Å²) >= 11 is 6.04. The Morgan fingerprint density at radius 1 is 1.25 bits per heavy atom. The molecule has 0 aromatic heterocycles. The summed E-state index contributed by atoms with van der Waals surface area (Å²) in [5.74, 6) is 0.577. The number of halogens is 1. The van der Waals surface area contributed by atoms with Crippen molar-refractivity contribution in [1.29, 1.82) is 0 Å². The van der Waals surface area contributed by atoms with Crippen molar-refractivity contribution in [2.75, 3.05) is 5.88 Å². The van der Waals surface area contributed by atoms with Gasteiger partial charge in [-0.25, -0.2) is 0 Å². The number of benzene rings is 1. The van der Waals surface area contributed by atoms with Gasteiger partial charge in [-0.1, -0.05) is 44.2 Å². The van der Waals surface area contributed by atoms with E-state index in [4.69, 9.17) is 16.6 Å². The van der Waals surface area contributed by atoms with E-state index in [2.05, 4.69) is 39.8 Å². The summed E-state index contributed by atoms with van der Waals surface area (Å²) in [6.45, 7) is 8.45. The average Bonchev–Trinajstić information content (AvgIpc) is 2.27. The molecular weight excluding hydrogens is 218 g/mol. The number of rotatable bonds is 4. The van der Waals surface area contributed by atoms with Crippen LogP contribution < -0.4 is 0 Å². The third-order valence-corrected chi connectivity index (χ3v) is 3.08. The highest BCUT2D eigenvalue weighted by molar-refractivity contribution is 6.21. The minimum Gasteiger partial charge on any atom is -0.286 e. The van der Waals surface area contributed by atoms with Gasteiger partial charge in [-0.3, -0.25) is 4.99 Å². The Kier molecular flexibility index (Phi) is 4.55. The van der Waals surface area contributed by atoms with Gasteiger partial charge in [-0.05, 0) is 19.4 Å². The highest BCUT2D eigenvalue weighted by atomic mass is 35.5. The highest BCUT2D eigenvalue weighted by Gasteiger charge is 2.25. The minimum absolute atomic E-state index is 0.0901. The van der Waals surface area contributed by atoms with E-state index in [1.807, 2.05) is 18.2 Å². The molecule has 88 valence electrons. The maximum atomic E-state index is 6.04. The second kappa shape index (κ2) is 5.49. The van der Waals surface area contributed by atoms with Crippen LogP contribution in [0, 0.1) is 5.41 Å². The third-order valence-electron chi connectivity index (χ3n) is 2.41. The predicted octanol–water partition coefficient (Wildman–Crippen LogP) is 4.15. The number of alkyl halides is 1. The quantitative estimate of drug-likeness (QED) is 0.551. The molecule has 0 aliphatic heterocycles. The van der Waals surface area contributed by atoms with Crippen LogP contribution in [0.25, 0.3) is 0 Å². The standard InChI is InChI=1S/C14H20ClN/c1-11(2)16-13(14(3,4)10-15)12-8-6-5-7-9-12/h5-9,11H,10H2,1-4H3. The van der Waals surface area contributed by atoms with Crippen LogP contribution in [0.15, 0.2) is 35.3 Å². The minimum atomic E-state index is -0.0901. The molecule has 0 spiro atoms. The smallest absolute Gasteiger partial charge is 0.0491 e. The lowest BCUT2D eigenvalue weighted by Crippen LogP contribution is -2.28. The average molecular weight is 238 g/mol. The molecule has 1 aromatic carbocycles. The van der Waals surface area contributed by atoms with Crippen molar-refractivity contribution in [1.82, 2.24) is 0 Å². The maximum Gasteiger partial charge on any atom is 0.0491 e. The molecule has 0 saturated carbocycles. The molecule has 2 heteroatoms. The van der Waals surface area contributed by atoms with Gasteiger partial charge >= 0.3 is 0 Å². The van der Waals surface area contributed by atoms with E-state index in [0.717, 1.165) is 5.71 Å². The fourth-order valence-electron chi connectivity index (χ4n) is 1.56. The van der Waals surface area contributed by atoms with Crippen LogP contribution in [-0.2, 0) is 0 Å². The van der Waals surface area contributed by atoms with Crippen molar-refractivity contribution in [2.45, 2.75) is 33.7 Å². The van der Waals surface area contributed by atoms with Gasteiger partial charge in [-0.2, -0.15) is 0 Å². The number of hydrogen-bond donors (Lipinski definition) is 0. The molecular formula is C14H20ClN. The van der Waals surface area contributed by atoms with E-state index in [9.17, 15) is 0 Å². The van der Waals surface area contributed by atoms with E-state index in [-0.39, 0.29) is 11.5 Å². The first-order valence-corrected chi connectivity index (χ1v) is 6.20. The first kappa shape index (κ1) is 13.2. The first-order valence-electron chi connectivity index (χ1n) is 5.67. The summed E-state index contributed by atoms with van der Waals surface area (Å²) in [4.78, 5) is 4.72. The van der Waals surface area contributed by atoms with Gasteiger partial charge < -0.3 is 0 Å². The zero-order valence-electron chi connectivity index (χ0n) is 10.5. The van der Waals surface area contributed by atoms with Gasteiger partial charge in [0, 0.05) is 23.0 Å². The Labute approximate surface area is 104 Å². The van der Waals surface area contributed by atoms with E-state index < -0.39 is 0 Å². The summed E-state index contributed by atoms with van der Waals surface area (Å²) < 4.78 is 0. The third kappa shape index (κ3) is 3.34. The SMILES string of the molecule is CC(C)N=C(c1ccccc1)C(C)(C)CCl. The summed E-state index contributed by atoms with van der Waals surface area (Å²) in [5, 5.41) is 0. The molecule has 1 aromatic rings. The summed E-state index contributed by atoms with van der Waals surface area (Å²) in [6.07, 6.45) is 0. The summed E-state index contributed by atoms with van der Waals surface area (Å²) in [7, 11) is 0. The van der Waals surface area contributed by atoms with E-state index >= 15 is 0 Å². The van der Waals surface area contributed by atoms with Gasteiger partial charge in [0.2, 0.25) is 0 Å². The van der Waals surface area contributed by atoms with Crippen molar-refractivity contribution in [3.05, 3.63) is 35.9 Å². The van der Waals surface area contributed by atoms with Crippen LogP contribution in [0.1, 0.15) is 33.3 Å². The molecule has 0 bridgehead atoms. The molecule has 0 aliphatic rings. The van der Waals surface area contributed by atoms with E-state index in [0.29, 0.717) is 5.88 Å². The molecule has 16 heavy (non-hydrogen) atoms. The van der Waals surface area contributed by atoms with Gasteiger partial charge in [0.05, 0.1) is 0 Å². The van der Waals surface area contributed by atoms with Gasteiger partial charge in [0.1, 0.15) is 0 Å². The monoisotopic (exact) mass is 237 g/mol. The van der Waals surface area contributed by atoms with Crippen molar-refractivity contribution in [3.8, 4) is 0 Å². The largest absolute Gasteiger partial charge is 0.286 e. The molecule has 0 unspecified atom stereocenters. The van der Waals surface area contributed by atoms with Crippen LogP contribution in [0.5, 0.6) is 0 Å². The Morgan fingerprint density at radius 3 is 2.25 bits per heavy atom. The molecule has 0 heterocycles. The fraction of sp³-hybridized carbons (Fsp3) is 0.500. The number of aliphatic imine (C=N–C) groups is 1. The zero-order valence-corrected chi connectivity index (χ0v) is 11.3. The van der Waals surface area contributed by atoms with Crippen LogP contribution in [-0.4, -0.2) is 17.6 Å². The topological polar surface area (TPSA) is 12.4 Å². The van der Waals surface area contributed by atoms with Crippen LogP contribution >= 0.6 is 11.6 Å². The lowest BCUT2D eigenvalue weighted by molar-refractivity contribution is 0.592. The Morgan fingerprint density at radius 2 is 1.81 bits per heavy atom. The maximum absolute atomic E-state index is 6.04. The highest BCUT2D eigenvalue weighted by Crippen LogP contribution is 2.25. The molecule has 0 fully saturated rings. The lowest BCUT2D eigenvalue weighted by Gasteiger charge is -2.25. The van der Waals surface area contributed by atoms with Crippen LogP contribution in [0.2, 0.25) is 0 Å². The Bertz CT molecular complexity index is 352. The molecule has 0 aliphatic carbocycles. The first-order chi connectivity index (χ1) is 7.47. The van der Waals surface area contributed by atoms with Gasteiger partial charge in [0.15, 0.2) is 0 Å². The van der Waals surface area contributed by atoms with Gasteiger partial charge in [0.25, 0.3) is 0 Å². The molecule has 0 radical (unpaired) electrons. The molecule has 1 nitrogen and oxygen atoms in total. The second-order valence-corrected chi connectivity index (χ2v) is 5.22. The van der Waals surface area contributed by atoms with E-state index in [1.54, 1.807) is 0 Å². The number of nitrogens with zero attached hydrogens (tertiary/aromatic N) is 1. The Balaban J connectivity index is 3.18. The lowest BCUT2D eigenvalue weighted by atomic mass is 9.85. The normalized spacial score (nSPS) is 13.2. The van der Waals surface area contributed by atoms with Crippen molar-refractivity contribution in [2.24, 2.45) is 10.4 Å². The number of hydrogen-bond acceptors (Lipinski definition) is 1. The van der Waals surface area contributed by atoms with Crippen molar-refractivity contribution in [3.63, 3.8) is 0 Å². The second-order valence-electron chi connectivity index (χ2n) is 4.95. The summed E-state index contributed by atoms with van der Waals surface area (Å²) in [5.41, 5.74) is 2.17. The predicted molar refractivity (Wildman–Crippen MR) is 72.6 cm³/mol. The summed E-state index contributed by atoms with van der Waals surface area (Å²) in [6, 6.07) is 10.6. The van der Waals surface area contributed by atoms with Crippen LogP contribution in [0.4, 0.5) is 0 Å². The molecule has 0 atom stereocenters. The van der Waals surface area contributed by atoms with Gasteiger partial charge in [-0.15, -0.1) is 11.6 Å². The van der Waals surface area contributed by atoms with E-state index in [1.165, 1.54) is 5.56 Å². The zero-order chi connectivity index (χ0) is 12.2. The molecule has 0 amide bonds. The molecule has 0 N–H and O–H groups in total. The Hall–Kier alpha value is -0.820. The van der Waals surface area contributed by atoms with Crippen molar-refractivity contribution < 1.29 is 0 Å². The fourth-order valence-corrected chi connectivity index (χ4v) is 1.68. The van der Waals surface area contributed by atoms with Crippen molar-refractivity contribution >= 4 is 17.3 Å².